The fourth-order valence-corrected chi connectivity index (χ4v) is 9.13. The number of amides is 8. The second-order valence-corrected chi connectivity index (χ2v) is 19.4. The molecule has 26 nitrogen and oxygen atoms in total. The molecule has 3 aliphatic heterocycles. The lowest BCUT2D eigenvalue weighted by molar-refractivity contribution is -0.150. The van der Waals surface area contributed by atoms with Crippen LogP contribution in [0.2, 0.25) is 0 Å². The second-order valence-electron chi connectivity index (χ2n) is 19.4. The van der Waals surface area contributed by atoms with E-state index in [4.69, 9.17) is 16.6 Å². The number of unbranched alkanes of at least 4 members (excludes halogenated alkanes) is 1. The van der Waals surface area contributed by atoms with Crippen molar-refractivity contribution < 1.29 is 78.0 Å². The summed E-state index contributed by atoms with van der Waals surface area (Å²) in [6.45, 7) is 7.11. The topological polar surface area (TPSA) is 408 Å². The van der Waals surface area contributed by atoms with Crippen LogP contribution < -0.4 is 38.1 Å². The SMILES string of the molecule is CC(C)CC(NC(=O)C(CCCCN)NC(=O)C1CCCN1C(=O)C(CC(=O)O)NC(=O)C(NC(=O)C1CCCN1C(=O)C(N)CCC(=O)O)C(C)C)C(=O)NC(CCC(=O)O)C(=O)N1CCCC1C(=O)O. The first kappa shape index (κ1) is 59.9. The van der Waals surface area contributed by atoms with Gasteiger partial charge >= 0.3 is 23.9 Å². The molecule has 0 aliphatic carbocycles. The molecule has 3 aliphatic rings. The number of hydrogen-bond acceptors (Lipinski definition) is 14. The fraction of sp³-hybridized carbons (Fsp3) is 0.739. The zero-order valence-corrected chi connectivity index (χ0v) is 41.5. The van der Waals surface area contributed by atoms with Gasteiger partial charge in [-0.3, -0.25) is 52.7 Å². The summed E-state index contributed by atoms with van der Waals surface area (Å²) in [5, 5.41) is 50.8. The number of carbonyl (C=O) groups is 12. The number of aliphatic carboxylic acids is 4. The number of nitrogens with zero attached hydrogens (tertiary/aromatic N) is 3. The standard InChI is InChI=1S/C46H74N10O16/c1-24(2)22-29(39(64)50-28(15-17-35(59)60)44(69)56-21-9-13-33(56)46(71)72)51-38(63)27(10-5-6-18-47)49-40(65)31-11-8-20-55(31)45(70)30(23-36(61)62)52-42(67)37(25(3)4)53-41(66)32-12-7-19-54(32)43(68)26(48)14-16-34(57)58/h24-33,37H,5-23,47-48H2,1-4H3,(H,49,65)(H,50,64)(H,51,63)(H,52,67)(H,53,66)(H,57,58)(H,59,60)(H,61,62)(H,71,72). The Balaban J connectivity index is 1.80. The van der Waals surface area contributed by atoms with Crippen LogP contribution in [0.5, 0.6) is 0 Å². The van der Waals surface area contributed by atoms with Gasteiger partial charge in [-0.1, -0.05) is 27.7 Å². The molecule has 0 bridgehead atoms. The Hall–Kier alpha value is -6.44. The average molecular weight is 1020 g/mol. The van der Waals surface area contributed by atoms with E-state index in [0.717, 1.165) is 9.80 Å². The van der Waals surface area contributed by atoms with Crippen molar-refractivity contribution >= 4 is 71.1 Å². The van der Waals surface area contributed by atoms with E-state index in [9.17, 15) is 72.9 Å². The molecule has 26 heteroatoms. The predicted octanol–water partition coefficient (Wildman–Crippen LogP) is -2.17. The summed E-state index contributed by atoms with van der Waals surface area (Å²) in [5.41, 5.74) is 11.7. The first-order valence-electron chi connectivity index (χ1n) is 24.6. The zero-order valence-electron chi connectivity index (χ0n) is 41.5. The summed E-state index contributed by atoms with van der Waals surface area (Å²) in [4.78, 5) is 160. The van der Waals surface area contributed by atoms with Gasteiger partial charge in [0, 0.05) is 32.5 Å². The highest BCUT2D eigenvalue weighted by molar-refractivity contribution is 5.99. The Morgan fingerprint density at radius 1 is 0.528 bits per heavy atom. The van der Waals surface area contributed by atoms with Crippen molar-refractivity contribution in [1.82, 2.24) is 41.3 Å². The lowest BCUT2D eigenvalue weighted by atomic mass is 10.0. The maximum Gasteiger partial charge on any atom is 0.326 e. The Morgan fingerprint density at radius 3 is 1.51 bits per heavy atom. The summed E-state index contributed by atoms with van der Waals surface area (Å²) >= 11 is 0. The number of nitrogens with one attached hydrogen (secondary N) is 5. The van der Waals surface area contributed by atoms with Crippen LogP contribution >= 0.6 is 0 Å². The van der Waals surface area contributed by atoms with Crippen LogP contribution in [0.1, 0.15) is 124 Å². The van der Waals surface area contributed by atoms with Gasteiger partial charge in [-0.15, -0.1) is 0 Å². The Labute approximate surface area is 417 Å². The molecule has 0 spiro atoms. The molecule has 3 heterocycles. The van der Waals surface area contributed by atoms with Gasteiger partial charge in [0.2, 0.25) is 47.3 Å². The van der Waals surface area contributed by atoms with E-state index in [1.54, 1.807) is 27.7 Å². The highest BCUT2D eigenvalue weighted by Gasteiger charge is 2.43. The van der Waals surface area contributed by atoms with E-state index in [2.05, 4.69) is 26.6 Å². The van der Waals surface area contributed by atoms with Gasteiger partial charge in [0.05, 0.1) is 12.5 Å². The van der Waals surface area contributed by atoms with Gasteiger partial charge in [0.1, 0.15) is 48.3 Å². The first-order chi connectivity index (χ1) is 33.9. The summed E-state index contributed by atoms with van der Waals surface area (Å²) < 4.78 is 0. The molecule has 3 rings (SSSR count). The molecule has 404 valence electrons. The number of carboxylic acid groups (broad SMARTS) is 4. The minimum Gasteiger partial charge on any atom is -0.481 e. The number of rotatable bonds is 29. The van der Waals surface area contributed by atoms with Crippen LogP contribution in [0.3, 0.4) is 0 Å². The molecule has 3 saturated heterocycles. The highest BCUT2D eigenvalue weighted by Crippen LogP contribution is 2.23. The van der Waals surface area contributed by atoms with Gasteiger partial charge in [-0.05, 0) is 95.4 Å². The number of carboxylic acids is 4. The highest BCUT2D eigenvalue weighted by atomic mass is 16.4. The molecule has 8 amide bonds. The van der Waals surface area contributed by atoms with Crippen LogP contribution in [0, 0.1) is 11.8 Å². The van der Waals surface area contributed by atoms with E-state index in [1.807, 2.05) is 0 Å². The smallest absolute Gasteiger partial charge is 0.326 e. The zero-order chi connectivity index (χ0) is 54.0. The molecular formula is C46H74N10O16. The van der Waals surface area contributed by atoms with E-state index < -0.39 is 144 Å². The molecule has 9 atom stereocenters. The first-order valence-corrected chi connectivity index (χ1v) is 24.6. The van der Waals surface area contributed by atoms with E-state index in [1.165, 1.54) is 4.90 Å². The van der Waals surface area contributed by atoms with E-state index in [0.29, 0.717) is 25.7 Å². The van der Waals surface area contributed by atoms with Crippen molar-refractivity contribution in [2.24, 2.45) is 23.3 Å². The predicted molar refractivity (Wildman–Crippen MR) is 253 cm³/mol. The van der Waals surface area contributed by atoms with Crippen molar-refractivity contribution in [3.63, 3.8) is 0 Å². The number of hydrogen-bond donors (Lipinski definition) is 11. The summed E-state index contributed by atoms with van der Waals surface area (Å²) in [5.74, 6) is -12.5. The molecule has 0 aromatic carbocycles. The fourth-order valence-electron chi connectivity index (χ4n) is 9.13. The third-order valence-electron chi connectivity index (χ3n) is 12.9. The summed E-state index contributed by atoms with van der Waals surface area (Å²) in [6, 6.07) is -11.8. The minimum atomic E-state index is -1.73. The van der Waals surface area contributed by atoms with Gasteiger partial charge in [0.15, 0.2) is 0 Å². The maximum absolute atomic E-state index is 14.2. The van der Waals surface area contributed by atoms with E-state index >= 15 is 0 Å². The molecule has 13 N–H and O–H groups in total. The van der Waals surface area contributed by atoms with Crippen molar-refractivity contribution in [3.8, 4) is 0 Å². The normalized spacial score (nSPS) is 20.2. The lowest BCUT2D eigenvalue weighted by Gasteiger charge is -2.32. The van der Waals surface area contributed by atoms with Crippen molar-refractivity contribution in [1.29, 1.82) is 0 Å². The molecular weight excluding hydrogens is 949 g/mol. The quantitative estimate of drug-likeness (QED) is 0.0355. The van der Waals surface area contributed by atoms with E-state index in [-0.39, 0.29) is 89.9 Å². The molecule has 0 saturated carbocycles. The average Bonchev–Trinajstić information content (AvgIpc) is 4.11. The Kier molecular flexibility index (Phi) is 23.7. The summed E-state index contributed by atoms with van der Waals surface area (Å²) in [7, 11) is 0. The third-order valence-corrected chi connectivity index (χ3v) is 12.9. The molecule has 3 fully saturated rings. The number of likely N-dealkylation sites (tertiary alicyclic amines) is 3. The van der Waals surface area contributed by atoms with Crippen LogP contribution in [0.15, 0.2) is 0 Å². The van der Waals surface area contributed by atoms with Crippen LogP contribution in [0.4, 0.5) is 0 Å². The second kappa shape index (κ2) is 28.6. The van der Waals surface area contributed by atoms with Crippen molar-refractivity contribution in [2.75, 3.05) is 26.2 Å². The van der Waals surface area contributed by atoms with Gasteiger partial charge in [-0.25, -0.2) is 4.79 Å². The summed E-state index contributed by atoms with van der Waals surface area (Å²) in [6.07, 6.45) is -0.0463. The van der Waals surface area contributed by atoms with Crippen molar-refractivity contribution in [2.45, 2.75) is 178 Å². The molecule has 9 unspecified atom stereocenters. The molecule has 72 heavy (non-hydrogen) atoms. The van der Waals surface area contributed by atoms with Gasteiger partial charge < -0.3 is 73.2 Å². The monoisotopic (exact) mass is 1020 g/mol. The largest absolute Gasteiger partial charge is 0.481 e. The van der Waals surface area contributed by atoms with Crippen LogP contribution in [0.25, 0.3) is 0 Å². The third kappa shape index (κ3) is 17.7. The maximum atomic E-state index is 14.2. The van der Waals surface area contributed by atoms with Crippen LogP contribution in [-0.4, -0.2) is 187 Å². The van der Waals surface area contributed by atoms with Gasteiger partial charge in [-0.2, -0.15) is 0 Å². The number of nitrogens with two attached hydrogens (primary N) is 2. The lowest BCUT2D eigenvalue weighted by Crippen LogP contribution is -2.61. The molecule has 0 aromatic heterocycles. The van der Waals surface area contributed by atoms with Gasteiger partial charge in [0.25, 0.3) is 0 Å². The van der Waals surface area contributed by atoms with Crippen molar-refractivity contribution in [3.05, 3.63) is 0 Å². The Bertz CT molecular complexity index is 2000. The number of carbonyl (C=O) groups excluding carboxylic acids is 8. The minimum absolute atomic E-state index is 0.0149. The Morgan fingerprint density at radius 2 is 1.00 bits per heavy atom. The van der Waals surface area contributed by atoms with Crippen LogP contribution in [-0.2, 0) is 57.5 Å². The molecule has 0 radical (unpaired) electrons. The molecule has 0 aromatic rings.